The number of pyridine rings is 1. The van der Waals surface area contributed by atoms with Gasteiger partial charge >= 0.3 is 0 Å². The Bertz CT molecular complexity index is 596. The molecule has 0 unspecified atom stereocenters. The van der Waals surface area contributed by atoms with Crippen LogP contribution in [-0.2, 0) is 0 Å². The summed E-state index contributed by atoms with van der Waals surface area (Å²) in [6.45, 7) is 3.98. The van der Waals surface area contributed by atoms with E-state index in [-0.39, 0.29) is 0 Å². The lowest BCUT2D eigenvalue weighted by Gasteiger charge is -2.15. The molecule has 17 heavy (non-hydrogen) atoms. The molecule has 5 heteroatoms. The second kappa shape index (κ2) is 3.85. The summed E-state index contributed by atoms with van der Waals surface area (Å²) in [6, 6.07) is 2.15. The fourth-order valence-corrected chi connectivity index (χ4v) is 2.24. The van der Waals surface area contributed by atoms with E-state index in [0.29, 0.717) is 5.95 Å². The Hall–Kier alpha value is -1.88. The third-order valence-electron chi connectivity index (χ3n) is 3.00. The van der Waals surface area contributed by atoms with E-state index in [1.165, 1.54) is 5.57 Å². The van der Waals surface area contributed by atoms with Crippen LogP contribution in [0.5, 0.6) is 0 Å². The van der Waals surface area contributed by atoms with Gasteiger partial charge in [0.05, 0.1) is 0 Å². The van der Waals surface area contributed by atoms with Gasteiger partial charge in [-0.25, -0.2) is 4.52 Å². The van der Waals surface area contributed by atoms with Gasteiger partial charge < -0.3 is 11.1 Å². The van der Waals surface area contributed by atoms with E-state index in [4.69, 9.17) is 5.73 Å². The van der Waals surface area contributed by atoms with Crippen LogP contribution in [-0.4, -0.2) is 27.7 Å². The first kappa shape index (κ1) is 10.3. The molecule has 0 spiro atoms. The number of hydrogen-bond acceptors (Lipinski definition) is 4. The minimum Gasteiger partial charge on any atom is -0.366 e. The fourth-order valence-electron chi connectivity index (χ4n) is 2.24. The van der Waals surface area contributed by atoms with E-state index in [2.05, 4.69) is 34.5 Å². The summed E-state index contributed by atoms with van der Waals surface area (Å²) >= 11 is 0. The van der Waals surface area contributed by atoms with Gasteiger partial charge in [-0.3, -0.25) is 0 Å². The van der Waals surface area contributed by atoms with Gasteiger partial charge in [0.15, 0.2) is 5.65 Å². The van der Waals surface area contributed by atoms with Crippen LogP contribution in [0, 0.1) is 6.92 Å². The Morgan fingerprint density at radius 2 is 2.35 bits per heavy atom. The highest BCUT2D eigenvalue weighted by atomic mass is 15.3. The molecule has 0 saturated carbocycles. The number of hydrogen-bond donors (Lipinski definition) is 2. The molecule has 0 fully saturated rings. The van der Waals surface area contributed by atoms with Crippen molar-refractivity contribution in [3.05, 3.63) is 29.5 Å². The number of aryl methyl sites for hydroxylation is 1. The first-order chi connectivity index (χ1) is 8.24. The summed E-state index contributed by atoms with van der Waals surface area (Å²) in [5.74, 6) is 0.325. The predicted octanol–water partition coefficient (Wildman–Crippen LogP) is 0.997. The maximum atomic E-state index is 5.66. The van der Waals surface area contributed by atoms with Crippen molar-refractivity contribution in [3.8, 4) is 0 Å². The lowest BCUT2D eigenvalue weighted by atomic mass is 10.0. The molecule has 0 radical (unpaired) electrons. The van der Waals surface area contributed by atoms with Gasteiger partial charge in [0, 0.05) is 18.3 Å². The molecule has 3 N–H and O–H groups in total. The minimum atomic E-state index is 0.325. The first-order valence-electron chi connectivity index (χ1n) is 5.76. The smallest absolute Gasteiger partial charge is 0.240 e. The first-order valence-corrected chi connectivity index (χ1v) is 5.76. The summed E-state index contributed by atoms with van der Waals surface area (Å²) in [4.78, 5) is 4.30. The molecule has 3 heterocycles. The third kappa shape index (κ3) is 1.78. The van der Waals surface area contributed by atoms with Crippen molar-refractivity contribution >= 4 is 17.2 Å². The van der Waals surface area contributed by atoms with E-state index >= 15 is 0 Å². The quantitative estimate of drug-likeness (QED) is 0.765. The monoisotopic (exact) mass is 229 g/mol. The van der Waals surface area contributed by atoms with Gasteiger partial charge in [-0.15, -0.1) is 5.10 Å². The summed E-state index contributed by atoms with van der Waals surface area (Å²) < 4.78 is 1.77. The number of fused-ring (bicyclic) bond motifs is 1. The molecule has 0 aromatic carbocycles. The zero-order valence-corrected chi connectivity index (χ0v) is 9.77. The lowest BCUT2D eigenvalue weighted by molar-refractivity contribution is 0.738. The van der Waals surface area contributed by atoms with Gasteiger partial charge in [0.2, 0.25) is 5.95 Å². The largest absolute Gasteiger partial charge is 0.366 e. The molecule has 0 atom stereocenters. The van der Waals surface area contributed by atoms with E-state index in [9.17, 15) is 0 Å². The molecular formula is C12H15N5. The SMILES string of the molecule is Cc1cc(C2=CCNCC2)c2nc(N)nn2c1. The zero-order chi connectivity index (χ0) is 11.8. The van der Waals surface area contributed by atoms with Crippen LogP contribution < -0.4 is 11.1 Å². The van der Waals surface area contributed by atoms with E-state index in [1.807, 2.05) is 6.20 Å². The highest BCUT2D eigenvalue weighted by Gasteiger charge is 2.13. The summed E-state index contributed by atoms with van der Waals surface area (Å²) in [7, 11) is 0. The van der Waals surface area contributed by atoms with Gasteiger partial charge in [-0.1, -0.05) is 6.08 Å². The van der Waals surface area contributed by atoms with Gasteiger partial charge in [0.1, 0.15) is 0 Å². The average molecular weight is 229 g/mol. The molecule has 1 aliphatic rings. The van der Waals surface area contributed by atoms with E-state index in [0.717, 1.165) is 36.3 Å². The van der Waals surface area contributed by atoms with Crippen molar-refractivity contribution in [1.29, 1.82) is 0 Å². The van der Waals surface area contributed by atoms with Gasteiger partial charge in [-0.2, -0.15) is 4.98 Å². The summed E-state index contributed by atoms with van der Waals surface area (Å²) in [5, 5.41) is 7.48. The van der Waals surface area contributed by atoms with Crippen molar-refractivity contribution in [1.82, 2.24) is 19.9 Å². The average Bonchev–Trinajstić information content (AvgIpc) is 2.69. The zero-order valence-electron chi connectivity index (χ0n) is 9.77. The molecule has 3 rings (SSSR count). The van der Waals surface area contributed by atoms with Crippen molar-refractivity contribution < 1.29 is 0 Å². The summed E-state index contributed by atoms with van der Waals surface area (Å²) in [6.07, 6.45) is 5.18. The van der Waals surface area contributed by atoms with Crippen LogP contribution in [0.1, 0.15) is 17.5 Å². The maximum absolute atomic E-state index is 5.66. The van der Waals surface area contributed by atoms with Crippen LogP contribution >= 0.6 is 0 Å². The molecule has 2 aromatic rings. The van der Waals surface area contributed by atoms with Crippen LogP contribution in [0.15, 0.2) is 18.3 Å². The standard InChI is InChI=1S/C12H15N5/c1-8-6-10(9-2-4-14-5-3-9)11-15-12(13)16-17(11)7-8/h2,6-7,14H,3-5H2,1H3,(H2,13,16). The lowest BCUT2D eigenvalue weighted by Crippen LogP contribution is -2.20. The Morgan fingerprint density at radius 1 is 1.47 bits per heavy atom. The minimum absolute atomic E-state index is 0.325. The van der Waals surface area contributed by atoms with Crippen LogP contribution in [0.2, 0.25) is 0 Å². The molecule has 0 bridgehead atoms. The predicted molar refractivity (Wildman–Crippen MR) is 67.6 cm³/mol. The number of nitrogens with one attached hydrogen (secondary N) is 1. The second-order valence-electron chi connectivity index (χ2n) is 4.35. The summed E-state index contributed by atoms with van der Waals surface area (Å²) in [5.41, 5.74) is 10.1. The van der Waals surface area contributed by atoms with E-state index in [1.54, 1.807) is 4.52 Å². The van der Waals surface area contributed by atoms with Gasteiger partial charge in [0.25, 0.3) is 0 Å². The Morgan fingerprint density at radius 3 is 3.12 bits per heavy atom. The Balaban J connectivity index is 2.23. The van der Waals surface area contributed by atoms with Crippen molar-refractivity contribution in [2.75, 3.05) is 18.8 Å². The van der Waals surface area contributed by atoms with Crippen LogP contribution in [0.4, 0.5) is 5.95 Å². The number of anilines is 1. The Kier molecular flexibility index (Phi) is 2.33. The van der Waals surface area contributed by atoms with Crippen LogP contribution in [0.25, 0.3) is 11.2 Å². The normalized spacial score (nSPS) is 16.2. The fraction of sp³-hybridized carbons (Fsp3) is 0.333. The second-order valence-corrected chi connectivity index (χ2v) is 4.35. The number of nitrogens with zero attached hydrogens (tertiary/aromatic N) is 3. The molecule has 5 nitrogen and oxygen atoms in total. The Labute approximate surface area is 99.3 Å². The topological polar surface area (TPSA) is 68.2 Å². The van der Waals surface area contributed by atoms with Crippen molar-refractivity contribution in [2.45, 2.75) is 13.3 Å². The number of nitrogen functional groups attached to an aromatic ring is 1. The molecule has 1 aliphatic heterocycles. The van der Waals surface area contributed by atoms with Gasteiger partial charge in [-0.05, 0) is 37.1 Å². The van der Waals surface area contributed by atoms with Crippen LogP contribution in [0.3, 0.4) is 0 Å². The molecule has 0 amide bonds. The molecule has 0 saturated heterocycles. The van der Waals surface area contributed by atoms with Crippen molar-refractivity contribution in [3.63, 3.8) is 0 Å². The van der Waals surface area contributed by atoms with Crippen molar-refractivity contribution in [2.24, 2.45) is 0 Å². The number of rotatable bonds is 1. The third-order valence-corrected chi connectivity index (χ3v) is 3.00. The van der Waals surface area contributed by atoms with E-state index < -0.39 is 0 Å². The maximum Gasteiger partial charge on any atom is 0.240 e. The molecule has 0 aliphatic carbocycles. The molecule has 2 aromatic heterocycles. The molecule has 88 valence electrons. The highest BCUT2D eigenvalue weighted by molar-refractivity contribution is 5.77. The number of aromatic nitrogens is 3. The molecular weight excluding hydrogens is 214 g/mol. The highest BCUT2D eigenvalue weighted by Crippen LogP contribution is 2.24. The number of nitrogens with two attached hydrogens (primary N) is 1.